The molecule has 1 aliphatic carbocycles. The monoisotopic (exact) mass is 402 g/mol. The first kappa shape index (κ1) is 19.6. The van der Waals surface area contributed by atoms with Crippen molar-refractivity contribution in [1.82, 2.24) is 0 Å². The van der Waals surface area contributed by atoms with Crippen molar-refractivity contribution < 1.29 is 13.2 Å². The number of anilines is 1. The third-order valence-electron chi connectivity index (χ3n) is 4.85. The van der Waals surface area contributed by atoms with Gasteiger partial charge in [-0.25, -0.2) is 8.42 Å². The Hall–Kier alpha value is -2.17. The van der Waals surface area contributed by atoms with E-state index in [0.29, 0.717) is 16.5 Å². The maximum atomic E-state index is 12.4. The van der Waals surface area contributed by atoms with Gasteiger partial charge >= 0.3 is 0 Å². The highest BCUT2D eigenvalue weighted by Gasteiger charge is 2.25. The number of nitrogens with one attached hydrogen (secondary N) is 1. The third-order valence-corrected chi connectivity index (χ3v) is 7.76. The molecule has 27 heavy (non-hydrogen) atoms. The highest BCUT2D eigenvalue weighted by molar-refractivity contribution is 7.91. The first-order valence-electron chi connectivity index (χ1n) is 8.94. The highest BCUT2D eigenvalue weighted by atomic mass is 32.2. The molecule has 7 heteroatoms. The molecule has 1 amide bonds. The number of fused-ring (bicyclic) bond motifs is 1. The van der Waals surface area contributed by atoms with E-state index in [4.69, 9.17) is 0 Å². The molecule has 1 unspecified atom stereocenters. The van der Waals surface area contributed by atoms with Gasteiger partial charge in [0.1, 0.15) is 11.1 Å². The van der Waals surface area contributed by atoms with Crippen molar-refractivity contribution in [2.45, 2.75) is 44.4 Å². The van der Waals surface area contributed by atoms with Crippen LogP contribution in [-0.4, -0.2) is 20.1 Å². The van der Waals surface area contributed by atoms with Crippen LogP contribution < -0.4 is 5.32 Å². The summed E-state index contributed by atoms with van der Waals surface area (Å²) in [5.41, 5.74) is 2.56. The van der Waals surface area contributed by atoms with Gasteiger partial charge in [0.2, 0.25) is 5.91 Å². The zero-order valence-electron chi connectivity index (χ0n) is 15.4. The molecule has 0 saturated heterocycles. The molecule has 2 aromatic rings. The van der Waals surface area contributed by atoms with Crippen LogP contribution in [0.2, 0.25) is 0 Å². The zero-order valence-corrected chi connectivity index (χ0v) is 17.0. The van der Waals surface area contributed by atoms with E-state index in [-0.39, 0.29) is 23.0 Å². The summed E-state index contributed by atoms with van der Waals surface area (Å²) < 4.78 is 24.8. The van der Waals surface area contributed by atoms with Crippen LogP contribution in [0.4, 0.5) is 5.00 Å². The number of carbonyl (C=O) groups is 1. The van der Waals surface area contributed by atoms with Gasteiger partial charge in [-0.15, -0.1) is 11.3 Å². The molecule has 1 aromatic heterocycles. The van der Waals surface area contributed by atoms with E-state index < -0.39 is 9.84 Å². The van der Waals surface area contributed by atoms with Gasteiger partial charge in [0.25, 0.3) is 0 Å². The molecule has 0 fully saturated rings. The number of amides is 1. The van der Waals surface area contributed by atoms with Crippen LogP contribution in [0.5, 0.6) is 0 Å². The maximum Gasteiger partial charge on any atom is 0.226 e. The van der Waals surface area contributed by atoms with E-state index in [1.807, 2.05) is 6.92 Å². The standard InChI is InChI=1S/C20H22N2O3S2/c1-13-3-6-15(7-4-13)27(24,25)10-9-19(23)22-20-17(12-21)16-8-5-14(2)11-18(16)26-20/h3-4,6-7,14H,5,8-11H2,1-2H3,(H,22,23). The van der Waals surface area contributed by atoms with Gasteiger partial charge in [-0.1, -0.05) is 24.6 Å². The summed E-state index contributed by atoms with van der Waals surface area (Å²) in [7, 11) is -3.51. The van der Waals surface area contributed by atoms with E-state index in [1.165, 1.54) is 11.3 Å². The summed E-state index contributed by atoms with van der Waals surface area (Å²) in [6, 6.07) is 8.80. The number of sulfone groups is 1. The molecule has 1 N–H and O–H groups in total. The van der Waals surface area contributed by atoms with Crippen molar-refractivity contribution in [2.75, 3.05) is 11.1 Å². The lowest BCUT2D eigenvalue weighted by atomic mass is 9.89. The Morgan fingerprint density at radius 1 is 1.33 bits per heavy atom. The van der Waals surface area contributed by atoms with Gasteiger partial charge in [0, 0.05) is 11.3 Å². The number of benzene rings is 1. The fourth-order valence-corrected chi connectivity index (χ4v) is 5.85. The van der Waals surface area contributed by atoms with E-state index in [1.54, 1.807) is 24.3 Å². The largest absolute Gasteiger partial charge is 0.317 e. The number of rotatable bonds is 5. The van der Waals surface area contributed by atoms with E-state index >= 15 is 0 Å². The van der Waals surface area contributed by atoms with Crippen molar-refractivity contribution in [2.24, 2.45) is 5.92 Å². The predicted molar refractivity (Wildman–Crippen MR) is 107 cm³/mol. The van der Waals surface area contributed by atoms with Gasteiger partial charge in [0.15, 0.2) is 9.84 Å². The Labute approximate surface area is 164 Å². The van der Waals surface area contributed by atoms with E-state index in [2.05, 4.69) is 18.3 Å². The summed E-state index contributed by atoms with van der Waals surface area (Å²) in [4.78, 5) is 13.7. The molecule has 0 aliphatic heterocycles. The number of nitriles is 1. The molecule has 0 saturated carbocycles. The molecule has 1 aliphatic rings. The molecule has 0 bridgehead atoms. The summed E-state index contributed by atoms with van der Waals surface area (Å²) in [5.74, 6) is -0.0638. The molecule has 5 nitrogen and oxygen atoms in total. The van der Waals surface area contributed by atoms with E-state index in [9.17, 15) is 18.5 Å². The number of nitrogens with zero attached hydrogens (tertiary/aromatic N) is 1. The number of hydrogen-bond acceptors (Lipinski definition) is 5. The first-order chi connectivity index (χ1) is 12.8. The lowest BCUT2D eigenvalue weighted by Gasteiger charge is -2.17. The van der Waals surface area contributed by atoms with Crippen molar-refractivity contribution in [1.29, 1.82) is 5.26 Å². The second kappa shape index (κ2) is 7.83. The van der Waals surface area contributed by atoms with Crippen LogP contribution in [0.3, 0.4) is 0 Å². The molecule has 0 spiro atoms. The molecule has 1 heterocycles. The second-order valence-corrected chi connectivity index (χ2v) is 10.3. The fraction of sp³-hybridized carbons (Fsp3) is 0.400. The summed E-state index contributed by atoms with van der Waals surface area (Å²) >= 11 is 1.45. The predicted octanol–water partition coefficient (Wildman–Crippen LogP) is 3.86. The topological polar surface area (TPSA) is 87.0 Å². The molecule has 0 radical (unpaired) electrons. The van der Waals surface area contributed by atoms with E-state index in [0.717, 1.165) is 35.3 Å². The summed E-state index contributed by atoms with van der Waals surface area (Å²) in [6.07, 6.45) is 2.68. The Balaban J connectivity index is 1.68. The lowest BCUT2D eigenvalue weighted by Crippen LogP contribution is -2.17. The van der Waals surface area contributed by atoms with Crippen LogP contribution in [0.25, 0.3) is 0 Å². The van der Waals surface area contributed by atoms with Crippen LogP contribution >= 0.6 is 11.3 Å². The lowest BCUT2D eigenvalue weighted by molar-refractivity contribution is -0.115. The quantitative estimate of drug-likeness (QED) is 0.823. The average molecular weight is 403 g/mol. The average Bonchev–Trinajstić information content (AvgIpc) is 2.96. The number of carbonyl (C=O) groups excluding carboxylic acids is 1. The summed E-state index contributed by atoms with van der Waals surface area (Å²) in [6.45, 7) is 4.07. The summed E-state index contributed by atoms with van der Waals surface area (Å²) in [5, 5.41) is 12.8. The van der Waals surface area contributed by atoms with Gasteiger partial charge in [-0.05, 0) is 49.8 Å². The van der Waals surface area contributed by atoms with Gasteiger partial charge in [-0.2, -0.15) is 5.26 Å². The van der Waals surface area contributed by atoms with Gasteiger partial charge in [0.05, 0.1) is 16.2 Å². The van der Waals surface area contributed by atoms with Crippen LogP contribution in [0.15, 0.2) is 29.2 Å². The van der Waals surface area contributed by atoms with Crippen LogP contribution in [-0.2, 0) is 27.5 Å². The number of thiophene rings is 1. The van der Waals surface area contributed by atoms with Crippen LogP contribution in [0, 0.1) is 24.2 Å². The first-order valence-corrected chi connectivity index (χ1v) is 11.4. The van der Waals surface area contributed by atoms with Crippen molar-refractivity contribution in [3.05, 3.63) is 45.8 Å². The zero-order chi connectivity index (χ0) is 19.6. The Morgan fingerprint density at radius 2 is 2.04 bits per heavy atom. The Kier molecular flexibility index (Phi) is 5.68. The number of aryl methyl sites for hydroxylation is 1. The smallest absolute Gasteiger partial charge is 0.226 e. The molecule has 1 atom stereocenters. The van der Waals surface area contributed by atoms with Gasteiger partial charge < -0.3 is 5.32 Å². The number of hydrogen-bond donors (Lipinski definition) is 1. The molecular weight excluding hydrogens is 380 g/mol. The Morgan fingerprint density at radius 3 is 2.70 bits per heavy atom. The maximum absolute atomic E-state index is 12.4. The van der Waals surface area contributed by atoms with Crippen molar-refractivity contribution >= 4 is 32.1 Å². The highest BCUT2D eigenvalue weighted by Crippen LogP contribution is 2.39. The minimum absolute atomic E-state index is 0.139. The minimum atomic E-state index is -3.51. The third kappa shape index (κ3) is 4.40. The molecule has 142 valence electrons. The molecular formula is C20H22N2O3S2. The Bertz CT molecular complexity index is 999. The minimum Gasteiger partial charge on any atom is -0.317 e. The van der Waals surface area contributed by atoms with Crippen molar-refractivity contribution in [3.8, 4) is 6.07 Å². The SMILES string of the molecule is Cc1ccc(S(=O)(=O)CCC(=O)Nc2sc3c(c2C#N)CCC(C)C3)cc1. The molecule has 1 aromatic carbocycles. The van der Waals surface area contributed by atoms with Crippen molar-refractivity contribution in [3.63, 3.8) is 0 Å². The fourth-order valence-electron chi connectivity index (χ4n) is 3.24. The van der Waals surface area contributed by atoms with Crippen LogP contribution in [0.1, 0.15) is 41.3 Å². The second-order valence-electron chi connectivity index (χ2n) is 7.10. The van der Waals surface area contributed by atoms with Gasteiger partial charge in [-0.3, -0.25) is 4.79 Å². The normalized spacial score (nSPS) is 16.4. The molecule has 3 rings (SSSR count).